The highest BCUT2D eigenvalue weighted by atomic mass is 31.2. The van der Waals surface area contributed by atoms with Gasteiger partial charge in [-0.2, -0.15) is 4.39 Å². The number of hydrogen-bond acceptors (Lipinski definition) is 5. The number of methoxy groups -OCH3 is 1. The van der Waals surface area contributed by atoms with Gasteiger partial charge < -0.3 is 20.3 Å². The van der Waals surface area contributed by atoms with Gasteiger partial charge in [-0.15, -0.1) is 0 Å². The summed E-state index contributed by atoms with van der Waals surface area (Å²) in [5.74, 6) is 1.21. The molecule has 170 valence electrons. The third-order valence-electron chi connectivity index (χ3n) is 5.54. The van der Waals surface area contributed by atoms with Crippen LogP contribution in [0.25, 0.3) is 27.9 Å². The van der Waals surface area contributed by atoms with Gasteiger partial charge in [-0.25, -0.2) is 4.98 Å². The topological polar surface area (TPSA) is 119 Å². The summed E-state index contributed by atoms with van der Waals surface area (Å²) in [5.41, 5.74) is 8.13. The van der Waals surface area contributed by atoms with Crippen LogP contribution in [0.3, 0.4) is 0 Å². The van der Waals surface area contributed by atoms with E-state index in [1.807, 2.05) is 30.3 Å². The summed E-state index contributed by atoms with van der Waals surface area (Å²) < 4.78 is 30.0. The van der Waals surface area contributed by atoms with Gasteiger partial charge in [0.25, 0.3) is 0 Å². The molecule has 0 amide bonds. The second-order valence-corrected chi connectivity index (χ2v) is 9.42. The highest BCUT2D eigenvalue weighted by Crippen LogP contribution is 2.46. The molecule has 0 saturated carbocycles. The molecule has 0 fully saturated rings. The molecule has 9 heteroatoms. The summed E-state index contributed by atoms with van der Waals surface area (Å²) in [5, 5.41) is 1.57. The summed E-state index contributed by atoms with van der Waals surface area (Å²) in [6, 6.07) is 14.8. The zero-order valence-corrected chi connectivity index (χ0v) is 19.0. The molecule has 1 atom stereocenters. The number of nitrogens with zero attached hydrogens (tertiary/aromatic N) is 2. The fourth-order valence-corrected chi connectivity index (χ4v) is 4.07. The molecule has 4 N–H and O–H groups in total. The van der Waals surface area contributed by atoms with Gasteiger partial charge >= 0.3 is 7.60 Å². The van der Waals surface area contributed by atoms with Crippen molar-refractivity contribution in [1.82, 2.24) is 9.97 Å². The van der Waals surface area contributed by atoms with E-state index in [9.17, 15) is 8.96 Å². The van der Waals surface area contributed by atoms with Gasteiger partial charge in [0.15, 0.2) is 5.82 Å². The third-order valence-corrected chi connectivity index (χ3v) is 6.22. The van der Waals surface area contributed by atoms with Crippen LogP contribution in [-0.4, -0.2) is 26.9 Å². The lowest BCUT2D eigenvalue weighted by Gasteiger charge is -2.14. The summed E-state index contributed by atoms with van der Waals surface area (Å²) in [6.45, 7) is 2.12. The van der Waals surface area contributed by atoms with Crippen molar-refractivity contribution in [3.8, 4) is 5.75 Å². The number of fused-ring (bicyclic) bond motifs is 3. The molecule has 2 heterocycles. The minimum atomic E-state index is -4.95. The van der Waals surface area contributed by atoms with E-state index in [0.29, 0.717) is 11.0 Å². The van der Waals surface area contributed by atoms with E-state index in [1.165, 1.54) is 11.6 Å². The minimum Gasteiger partial charge on any atom is -0.497 e. The van der Waals surface area contributed by atoms with Crippen LogP contribution in [0.15, 0.2) is 60.3 Å². The number of ether oxygens (including phenoxy) is 1. The summed E-state index contributed by atoms with van der Waals surface area (Å²) >= 11 is 0. The van der Waals surface area contributed by atoms with Gasteiger partial charge in [-0.1, -0.05) is 31.2 Å². The Morgan fingerprint density at radius 3 is 2.58 bits per heavy atom. The van der Waals surface area contributed by atoms with E-state index in [2.05, 4.69) is 16.9 Å². The summed E-state index contributed by atoms with van der Waals surface area (Å²) in [6.07, 6.45) is 3.41. The van der Waals surface area contributed by atoms with Crippen molar-refractivity contribution in [2.75, 3.05) is 12.8 Å². The van der Waals surface area contributed by atoms with Crippen molar-refractivity contribution in [2.24, 2.45) is 0 Å². The maximum atomic E-state index is 13.7. The van der Waals surface area contributed by atoms with Crippen LogP contribution < -0.4 is 10.5 Å². The zero-order valence-electron chi connectivity index (χ0n) is 18.1. The van der Waals surface area contributed by atoms with Crippen LogP contribution in [0.2, 0.25) is 0 Å². The zero-order chi connectivity index (χ0) is 23.8. The molecule has 0 bridgehead atoms. The average Bonchev–Trinajstić information content (AvgIpc) is 2.78. The number of nitrogen functional groups attached to an aromatic ring is 1. The molecule has 0 radical (unpaired) electrons. The van der Waals surface area contributed by atoms with Gasteiger partial charge in [0.05, 0.1) is 12.6 Å². The smallest absolute Gasteiger partial charge is 0.384 e. The average molecular weight is 467 g/mol. The summed E-state index contributed by atoms with van der Waals surface area (Å²) in [4.78, 5) is 26.8. The molecule has 4 rings (SSSR count). The molecule has 2 aromatic heterocycles. The largest absolute Gasteiger partial charge is 0.497 e. The number of hydrogen-bond donors (Lipinski definition) is 3. The fourth-order valence-electron chi connectivity index (χ4n) is 3.76. The van der Waals surface area contributed by atoms with Crippen molar-refractivity contribution < 1.29 is 23.5 Å². The Hall–Kier alpha value is -3.32. The molecule has 0 saturated heterocycles. The molecular formula is C24H23FN3O4P. The number of anilines is 1. The first kappa shape index (κ1) is 22.9. The molecule has 0 aliphatic heterocycles. The van der Waals surface area contributed by atoms with Crippen molar-refractivity contribution in [1.29, 1.82) is 0 Å². The first-order valence-electron chi connectivity index (χ1n) is 10.2. The molecule has 0 spiro atoms. The van der Waals surface area contributed by atoms with Gasteiger partial charge in [0, 0.05) is 17.0 Å². The Morgan fingerprint density at radius 1 is 1.18 bits per heavy atom. The number of halogens is 1. The summed E-state index contributed by atoms with van der Waals surface area (Å²) in [7, 11) is -3.31. The predicted molar refractivity (Wildman–Crippen MR) is 128 cm³/mol. The van der Waals surface area contributed by atoms with E-state index in [-0.39, 0.29) is 17.3 Å². The van der Waals surface area contributed by atoms with Crippen molar-refractivity contribution in [3.05, 3.63) is 77.0 Å². The molecule has 0 aliphatic carbocycles. The van der Waals surface area contributed by atoms with Gasteiger partial charge in [-0.3, -0.25) is 9.55 Å². The molecule has 2 aromatic carbocycles. The normalized spacial score (nSPS) is 13.4. The fraction of sp³-hybridized carbons (Fsp3) is 0.167. The highest BCUT2D eigenvalue weighted by Gasteiger charge is 2.21. The van der Waals surface area contributed by atoms with Gasteiger partial charge in [0.2, 0.25) is 5.57 Å². The van der Waals surface area contributed by atoms with Crippen molar-refractivity contribution >= 4 is 41.3 Å². The number of pyridine rings is 2. The van der Waals surface area contributed by atoms with E-state index >= 15 is 0 Å². The highest BCUT2D eigenvalue weighted by molar-refractivity contribution is 7.56. The van der Waals surface area contributed by atoms with Crippen LogP contribution in [0.5, 0.6) is 5.75 Å². The lowest BCUT2D eigenvalue weighted by molar-refractivity contribution is 0.369. The standard InChI is InChI=1S/C24H23FN3O4P/c1-14(9-15-3-6-18(32-2)7-4-15)17-12-20-19-8-5-16(11-22(25)33(29,30)31)10-21(19)28-24(26)23(20)27-13-17/h3-8,10-14H,9H2,1-2H3,(H2,26,28)(H2,29,30,31)/b22-11+. The minimum absolute atomic E-state index is 0.180. The van der Waals surface area contributed by atoms with Crippen molar-refractivity contribution in [3.63, 3.8) is 0 Å². The second kappa shape index (κ2) is 8.90. The Kier molecular flexibility index (Phi) is 6.17. The maximum absolute atomic E-state index is 13.7. The van der Waals surface area contributed by atoms with Crippen LogP contribution in [0.1, 0.15) is 29.5 Å². The van der Waals surface area contributed by atoms with Crippen LogP contribution in [-0.2, 0) is 11.0 Å². The first-order valence-corrected chi connectivity index (χ1v) is 11.8. The van der Waals surface area contributed by atoms with E-state index in [4.69, 9.17) is 20.3 Å². The Balaban J connectivity index is 1.73. The van der Waals surface area contributed by atoms with Crippen LogP contribution in [0.4, 0.5) is 10.2 Å². The SMILES string of the molecule is COc1ccc(CC(C)c2cnc3c(N)nc4cc(/C=C(\F)P(=O)(O)O)ccc4c3c2)cc1. The predicted octanol–water partition coefficient (Wildman–Crippen LogP) is 5.17. The molecule has 4 aromatic rings. The number of aromatic nitrogens is 2. The molecule has 7 nitrogen and oxygen atoms in total. The Morgan fingerprint density at radius 2 is 1.91 bits per heavy atom. The maximum Gasteiger partial charge on any atom is 0.384 e. The Labute approximate surface area is 189 Å². The number of nitrogens with two attached hydrogens (primary N) is 1. The van der Waals surface area contributed by atoms with Crippen LogP contribution in [0, 0.1) is 0 Å². The molecule has 1 unspecified atom stereocenters. The lowest BCUT2D eigenvalue weighted by Crippen LogP contribution is -2.01. The van der Waals surface area contributed by atoms with Gasteiger partial charge in [0.1, 0.15) is 11.3 Å². The number of benzene rings is 2. The third kappa shape index (κ3) is 4.88. The van der Waals surface area contributed by atoms with Gasteiger partial charge in [-0.05, 0) is 59.4 Å². The Bertz CT molecular complexity index is 1420. The van der Waals surface area contributed by atoms with Crippen molar-refractivity contribution in [2.45, 2.75) is 19.3 Å². The van der Waals surface area contributed by atoms with Crippen LogP contribution >= 0.6 is 7.60 Å². The van der Waals surface area contributed by atoms with E-state index in [1.54, 1.807) is 25.4 Å². The quantitative estimate of drug-likeness (QED) is 0.265. The van der Waals surface area contributed by atoms with E-state index in [0.717, 1.165) is 34.6 Å². The second-order valence-electron chi connectivity index (χ2n) is 7.90. The monoisotopic (exact) mass is 467 g/mol. The number of rotatable bonds is 6. The molecule has 0 aliphatic rings. The molecular weight excluding hydrogens is 444 g/mol. The molecule has 33 heavy (non-hydrogen) atoms. The van der Waals surface area contributed by atoms with E-state index < -0.39 is 13.2 Å². The lowest BCUT2D eigenvalue weighted by atomic mass is 9.93. The first-order chi connectivity index (χ1) is 15.7.